The molecule has 110 valence electrons. The third-order valence-corrected chi connectivity index (χ3v) is 4.17. The van der Waals surface area contributed by atoms with Gasteiger partial charge < -0.3 is 10.5 Å². The van der Waals surface area contributed by atoms with Crippen LogP contribution >= 0.6 is 0 Å². The van der Waals surface area contributed by atoms with Gasteiger partial charge in [-0.05, 0) is 61.1 Å². The zero-order chi connectivity index (χ0) is 14.7. The summed E-state index contributed by atoms with van der Waals surface area (Å²) in [6.07, 6.45) is 6.03. The molecule has 1 aromatic heterocycles. The van der Waals surface area contributed by atoms with E-state index in [9.17, 15) is 0 Å². The fourth-order valence-corrected chi connectivity index (χ4v) is 2.89. The molecule has 2 atom stereocenters. The molecular formula is C18H22N2O. The second-order valence-electron chi connectivity index (χ2n) is 5.65. The predicted octanol–water partition coefficient (Wildman–Crippen LogP) is 3.43. The van der Waals surface area contributed by atoms with Crippen molar-refractivity contribution in [3.8, 4) is 5.75 Å². The van der Waals surface area contributed by atoms with Crippen LogP contribution in [0.25, 0.3) is 0 Å². The normalized spacial score (nSPS) is 16.3. The van der Waals surface area contributed by atoms with Gasteiger partial charge in [-0.15, -0.1) is 0 Å². The lowest BCUT2D eigenvalue weighted by Gasteiger charge is -2.24. The Bertz CT molecular complexity index is 597. The Hall–Kier alpha value is -1.87. The Morgan fingerprint density at radius 2 is 2.05 bits per heavy atom. The van der Waals surface area contributed by atoms with E-state index >= 15 is 0 Å². The molecule has 21 heavy (non-hydrogen) atoms. The van der Waals surface area contributed by atoms with Crippen molar-refractivity contribution in [2.45, 2.75) is 44.8 Å². The molecule has 0 saturated carbocycles. The van der Waals surface area contributed by atoms with E-state index in [-0.39, 0.29) is 12.1 Å². The Balaban J connectivity index is 1.85. The number of nitrogens with two attached hydrogens (primary N) is 1. The average molecular weight is 282 g/mol. The number of pyridine rings is 1. The summed E-state index contributed by atoms with van der Waals surface area (Å²) in [6.45, 7) is 2.08. The monoisotopic (exact) mass is 282 g/mol. The number of ether oxygens (including phenoxy) is 1. The average Bonchev–Trinajstić information content (AvgIpc) is 3.00. The van der Waals surface area contributed by atoms with Crippen LogP contribution < -0.4 is 10.5 Å². The summed E-state index contributed by atoms with van der Waals surface area (Å²) in [7, 11) is 0. The first-order valence-electron chi connectivity index (χ1n) is 7.73. The van der Waals surface area contributed by atoms with Gasteiger partial charge in [0.15, 0.2) is 6.10 Å². The number of hydrogen-bond acceptors (Lipinski definition) is 3. The fraction of sp³-hybridized carbons (Fsp3) is 0.389. The fourth-order valence-electron chi connectivity index (χ4n) is 2.89. The molecule has 0 aliphatic heterocycles. The molecule has 3 heteroatoms. The highest BCUT2D eigenvalue weighted by molar-refractivity contribution is 5.38. The molecule has 1 aliphatic carbocycles. The molecule has 0 radical (unpaired) electrons. The molecule has 3 nitrogen and oxygen atoms in total. The van der Waals surface area contributed by atoms with Crippen molar-refractivity contribution in [2.24, 2.45) is 5.73 Å². The van der Waals surface area contributed by atoms with Gasteiger partial charge in [0.2, 0.25) is 0 Å². The summed E-state index contributed by atoms with van der Waals surface area (Å²) in [6, 6.07) is 12.2. The third kappa shape index (κ3) is 3.08. The van der Waals surface area contributed by atoms with Crippen LogP contribution in [0.15, 0.2) is 42.6 Å². The van der Waals surface area contributed by atoms with Crippen molar-refractivity contribution in [1.82, 2.24) is 4.98 Å². The van der Waals surface area contributed by atoms with Crippen LogP contribution in [0.5, 0.6) is 5.75 Å². The lowest BCUT2D eigenvalue weighted by molar-refractivity contribution is 0.166. The molecule has 2 N–H and O–H groups in total. The number of nitrogens with zero attached hydrogens (tertiary/aromatic N) is 1. The van der Waals surface area contributed by atoms with Gasteiger partial charge in [-0.25, -0.2) is 0 Å². The van der Waals surface area contributed by atoms with Crippen molar-refractivity contribution in [2.75, 3.05) is 0 Å². The summed E-state index contributed by atoms with van der Waals surface area (Å²) >= 11 is 0. The second-order valence-corrected chi connectivity index (χ2v) is 5.65. The minimum absolute atomic E-state index is 0.0619. The summed E-state index contributed by atoms with van der Waals surface area (Å²) < 4.78 is 6.19. The predicted molar refractivity (Wildman–Crippen MR) is 84.3 cm³/mol. The maximum atomic E-state index is 6.24. The van der Waals surface area contributed by atoms with Gasteiger partial charge in [-0.2, -0.15) is 0 Å². The molecule has 0 fully saturated rings. The third-order valence-electron chi connectivity index (χ3n) is 4.17. The van der Waals surface area contributed by atoms with Crippen LogP contribution in [0.1, 0.15) is 42.7 Å². The van der Waals surface area contributed by atoms with E-state index in [2.05, 4.69) is 30.1 Å². The second kappa shape index (κ2) is 6.27. The first-order chi connectivity index (χ1) is 10.3. The van der Waals surface area contributed by atoms with E-state index < -0.39 is 0 Å². The van der Waals surface area contributed by atoms with Crippen LogP contribution in [0.2, 0.25) is 0 Å². The van der Waals surface area contributed by atoms with Crippen LogP contribution in [-0.2, 0) is 12.8 Å². The van der Waals surface area contributed by atoms with Gasteiger partial charge in [0.25, 0.3) is 0 Å². The smallest absolute Gasteiger partial charge is 0.155 e. The van der Waals surface area contributed by atoms with E-state index in [0.29, 0.717) is 0 Å². The minimum Gasteiger partial charge on any atom is -0.482 e. The molecule has 2 aromatic rings. The molecule has 2 unspecified atom stereocenters. The van der Waals surface area contributed by atoms with Gasteiger partial charge >= 0.3 is 0 Å². The highest BCUT2D eigenvalue weighted by Crippen LogP contribution is 2.29. The van der Waals surface area contributed by atoms with Crippen LogP contribution in [-0.4, -0.2) is 11.0 Å². The van der Waals surface area contributed by atoms with Crippen molar-refractivity contribution in [3.63, 3.8) is 0 Å². The van der Waals surface area contributed by atoms with Gasteiger partial charge in [0.1, 0.15) is 5.75 Å². The number of benzene rings is 1. The highest BCUT2D eigenvalue weighted by atomic mass is 16.5. The highest BCUT2D eigenvalue weighted by Gasteiger charge is 2.22. The van der Waals surface area contributed by atoms with Gasteiger partial charge in [0, 0.05) is 12.2 Å². The van der Waals surface area contributed by atoms with E-state index in [1.165, 1.54) is 24.0 Å². The standard InChI is InChI=1S/C18H22N2O/c1-2-16(19)18(17-8-3-4-11-20-17)21-15-10-9-13-6-5-7-14(13)12-15/h3-4,8-12,16,18H,2,5-7,19H2,1H3. The lowest BCUT2D eigenvalue weighted by Crippen LogP contribution is -2.32. The zero-order valence-electron chi connectivity index (χ0n) is 12.5. The molecule has 0 spiro atoms. The number of aromatic nitrogens is 1. The summed E-state index contributed by atoms with van der Waals surface area (Å²) in [5, 5.41) is 0. The lowest BCUT2D eigenvalue weighted by atomic mass is 10.1. The van der Waals surface area contributed by atoms with E-state index in [0.717, 1.165) is 24.3 Å². The summed E-state index contributed by atoms with van der Waals surface area (Å²) in [5.74, 6) is 0.898. The Labute approximate surface area is 126 Å². The number of hydrogen-bond donors (Lipinski definition) is 1. The quantitative estimate of drug-likeness (QED) is 0.914. The number of aryl methyl sites for hydroxylation is 2. The maximum absolute atomic E-state index is 6.24. The topological polar surface area (TPSA) is 48.1 Å². The number of rotatable bonds is 5. The molecule has 3 rings (SSSR count). The molecule has 1 aliphatic rings. The van der Waals surface area contributed by atoms with Crippen molar-refractivity contribution in [3.05, 3.63) is 59.4 Å². The number of fused-ring (bicyclic) bond motifs is 1. The first kappa shape index (κ1) is 14.1. The molecule has 1 aromatic carbocycles. The van der Waals surface area contributed by atoms with Crippen molar-refractivity contribution in [1.29, 1.82) is 0 Å². The Kier molecular flexibility index (Phi) is 4.20. The van der Waals surface area contributed by atoms with Crippen molar-refractivity contribution >= 4 is 0 Å². The van der Waals surface area contributed by atoms with Gasteiger partial charge in [-0.1, -0.05) is 19.1 Å². The maximum Gasteiger partial charge on any atom is 0.155 e. The molecular weight excluding hydrogens is 260 g/mol. The zero-order valence-corrected chi connectivity index (χ0v) is 12.5. The summed E-state index contributed by atoms with van der Waals surface area (Å²) in [5.41, 5.74) is 10.0. The van der Waals surface area contributed by atoms with Crippen LogP contribution in [0.3, 0.4) is 0 Å². The molecule has 0 amide bonds. The van der Waals surface area contributed by atoms with Gasteiger partial charge in [0.05, 0.1) is 5.69 Å². The Morgan fingerprint density at radius 3 is 2.81 bits per heavy atom. The van der Waals surface area contributed by atoms with Crippen molar-refractivity contribution < 1.29 is 4.74 Å². The summed E-state index contributed by atoms with van der Waals surface area (Å²) in [4.78, 5) is 4.41. The van der Waals surface area contributed by atoms with E-state index in [4.69, 9.17) is 10.5 Å². The SMILES string of the molecule is CCC(N)C(Oc1ccc2c(c1)CCC2)c1ccccn1. The molecule has 1 heterocycles. The van der Waals surface area contributed by atoms with E-state index in [1.54, 1.807) is 6.20 Å². The minimum atomic E-state index is -0.198. The van der Waals surface area contributed by atoms with E-state index in [1.807, 2.05) is 18.2 Å². The van der Waals surface area contributed by atoms with Crippen LogP contribution in [0.4, 0.5) is 0 Å². The van der Waals surface area contributed by atoms with Crippen LogP contribution in [0, 0.1) is 0 Å². The largest absolute Gasteiger partial charge is 0.482 e. The van der Waals surface area contributed by atoms with Gasteiger partial charge in [-0.3, -0.25) is 4.98 Å². The molecule has 0 bridgehead atoms. The first-order valence-corrected chi connectivity index (χ1v) is 7.73. The molecule has 0 saturated heterocycles. The Morgan fingerprint density at radius 1 is 1.19 bits per heavy atom.